The van der Waals surface area contributed by atoms with Gasteiger partial charge in [0.25, 0.3) is 0 Å². The standard InChI is InChI=1S/C32H26BNO2Se/c1-31(2)22-14-10-15-23-29(22)34(32(31,3)4)24-17-20(35-19-11-6-5-7-12-19)18-25-28(24)33(23)27-21-13-8-9-16-26(21)37-30(27)36-25/h5-18H,1-4H3. The van der Waals surface area contributed by atoms with Gasteiger partial charge in [-0.15, -0.1) is 0 Å². The molecule has 3 aliphatic heterocycles. The maximum absolute atomic E-state index is 6.81. The number of hydrogen-bond donors (Lipinski definition) is 0. The Balaban J connectivity index is 1.46. The van der Waals surface area contributed by atoms with Crippen LogP contribution >= 0.6 is 0 Å². The first-order valence-corrected chi connectivity index (χ1v) is 14.6. The second-order valence-corrected chi connectivity index (χ2v) is 13.5. The van der Waals surface area contributed by atoms with Gasteiger partial charge in [0.15, 0.2) is 0 Å². The van der Waals surface area contributed by atoms with Crippen molar-refractivity contribution < 1.29 is 9.47 Å². The second kappa shape index (κ2) is 7.13. The van der Waals surface area contributed by atoms with E-state index in [2.05, 4.69) is 87.2 Å². The molecule has 0 unspecified atom stereocenters. The van der Waals surface area contributed by atoms with Gasteiger partial charge in [0.1, 0.15) is 0 Å². The minimum atomic E-state index is -0.137. The van der Waals surface area contributed by atoms with E-state index in [1.54, 1.807) is 0 Å². The predicted octanol–water partition coefficient (Wildman–Crippen LogP) is 5.83. The van der Waals surface area contributed by atoms with Crippen LogP contribution in [0.25, 0.3) is 9.65 Å². The first-order valence-electron chi connectivity index (χ1n) is 12.9. The quantitative estimate of drug-likeness (QED) is 0.255. The van der Waals surface area contributed by atoms with Crippen molar-refractivity contribution >= 4 is 58.6 Å². The molecule has 8 rings (SSSR count). The summed E-state index contributed by atoms with van der Waals surface area (Å²) in [6.07, 6.45) is 0. The van der Waals surface area contributed by atoms with Gasteiger partial charge in [-0.2, -0.15) is 0 Å². The number of hydrogen-bond acceptors (Lipinski definition) is 3. The van der Waals surface area contributed by atoms with Gasteiger partial charge >= 0.3 is 224 Å². The van der Waals surface area contributed by atoms with E-state index >= 15 is 0 Å². The summed E-state index contributed by atoms with van der Waals surface area (Å²) in [6.45, 7) is 9.67. The molecule has 5 aromatic rings. The summed E-state index contributed by atoms with van der Waals surface area (Å²) in [7, 11) is 0. The summed E-state index contributed by atoms with van der Waals surface area (Å²) in [5.41, 5.74) is 7.83. The number of ether oxygens (including phenoxy) is 2. The van der Waals surface area contributed by atoms with Crippen molar-refractivity contribution in [3.8, 4) is 21.9 Å². The summed E-state index contributed by atoms with van der Waals surface area (Å²) in [5, 5.41) is 1.35. The molecule has 3 nitrogen and oxygen atoms in total. The van der Waals surface area contributed by atoms with Crippen molar-refractivity contribution in [2.24, 2.45) is 0 Å². The molecular weight excluding hydrogens is 520 g/mol. The Hall–Kier alpha value is -3.40. The molecule has 0 fully saturated rings. The van der Waals surface area contributed by atoms with Gasteiger partial charge in [0.05, 0.1) is 0 Å². The molecule has 0 atom stereocenters. The van der Waals surface area contributed by atoms with Crippen LogP contribution in [0.3, 0.4) is 0 Å². The number of anilines is 2. The Kier molecular flexibility index (Phi) is 4.17. The fourth-order valence-corrected chi connectivity index (χ4v) is 8.95. The zero-order valence-corrected chi connectivity index (χ0v) is 23.0. The van der Waals surface area contributed by atoms with E-state index < -0.39 is 0 Å². The minimum absolute atomic E-state index is 0.0371. The Morgan fingerprint density at radius 1 is 0.811 bits per heavy atom. The average molecular weight is 546 g/mol. The van der Waals surface area contributed by atoms with Crippen molar-refractivity contribution in [2.45, 2.75) is 38.6 Å². The summed E-state index contributed by atoms with van der Waals surface area (Å²) >= 11 is 0.147. The Morgan fingerprint density at radius 2 is 1.59 bits per heavy atom. The van der Waals surface area contributed by atoms with E-state index in [1.165, 1.54) is 43.0 Å². The monoisotopic (exact) mass is 547 g/mol. The molecule has 0 spiro atoms. The van der Waals surface area contributed by atoms with E-state index in [9.17, 15) is 0 Å². The van der Waals surface area contributed by atoms with Gasteiger partial charge in [0, 0.05) is 0 Å². The van der Waals surface area contributed by atoms with Crippen molar-refractivity contribution in [2.75, 3.05) is 4.90 Å². The topological polar surface area (TPSA) is 21.7 Å². The molecule has 37 heavy (non-hydrogen) atoms. The summed E-state index contributed by atoms with van der Waals surface area (Å²) in [5.74, 6) is 2.57. The van der Waals surface area contributed by atoms with Crippen molar-refractivity contribution in [3.63, 3.8) is 0 Å². The van der Waals surface area contributed by atoms with Gasteiger partial charge in [0.2, 0.25) is 0 Å². The third-order valence-corrected chi connectivity index (χ3v) is 11.3. The van der Waals surface area contributed by atoms with Gasteiger partial charge in [-0.1, -0.05) is 0 Å². The molecule has 180 valence electrons. The molecule has 0 bridgehead atoms. The number of fused-ring (bicyclic) bond motifs is 6. The van der Waals surface area contributed by atoms with Crippen LogP contribution in [0.15, 0.2) is 84.9 Å². The zero-order chi connectivity index (χ0) is 25.1. The number of para-hydroxylation sites is 2. The number of nitrogens with zero attached hydrogens (tertiary/aromatic N) is 1. The molecule has 3 aliphatic rings. The molecule has 0 saturated carbocycles. The van der Waals surface area contributed by atoms with E-state index in [1.807, 2.05) is 30.3 Å². The van der Waals surface area contributed by atoms with Gasteiger partial charge in [-0.05, 0) is 0 Å². The molecular formula is C32H26BNO2Se. The molecule has 5 heteroatoms. The van der Waals surface area contributed by atoms with Crippen LogP contribution in [0.1, 0.15) is 33.3 Å². The Labute approximate surface area is 223 Å². The SMILES string of the molecule is CC1(C)c2cccc3c2N(c2cc(Oc4ccccc4)cc4c2B3c2c([se]c3ccccc23)O4)C1(C)C. The van der Waals surface area contributed by atoms with Crippen LogP contribution in [-0.2, 0) is 5.41 Å². The molecule has 0 radical (unpaired) electrons. The first kappa shape index (κ1) is 21.7. The van der Waals surface area contributed by atoms with Gasteiger partial charge < -0.3 is 0 Å². The molecule has 0 N–H and O–H groups in total. The van der Waals surface area contributed by atoms with Crippen molar-refractivity contribution in [1.29, 1.82) is 0 Å². The fourth-order valence-electron chi connectivity index (χ4n) is 6.64. The van der Waals surface area contributed by atoms with E-state index in [0.29, 0.717) is 0 Å². The first-order chi connectivity index (χ1) is 17.9. The second-order valence-electron chi connectivity index (χ2n) is 11.4. The average Bonchev–Trinajstić information content (AvgIpc) is 3.33. The predicted molar refractivity (Wildman–Crippen MR) is 154 cm³/mol. The molecule has 4 aromatic carbocycles. The van der Waals surface area contributed by atoms with Gasteiger partial charge in [-0.25, -0.2) is 0 Å². The van der Waals surface area contributed by atoms with E-state index in [-0.39, 0.29) is 32.2 Å². The van der Waals surface area contributed by atoms with Crippen LogP contribution in [-0.4, -0.2) is 26.8 Å². The van der Waals surface area contributed by atoms with E-state index in [0.717, 1.165) is 21.9 Å². The van der Waals surface area contributed by atoms with Crippen LogP contribution in [0.2, 0.25) is 0 Å². The number of rotatable bonds is 2. The molecule has 4 heterocycles. The maximum atomic E-state index is 6.81. The van der Waals surface area contributed by atoms with Crippen molar-refractivity contribution in [1.82, 2.24) is 0 Å². The molecule has 0 saturated heterocycles. The summed E-state index contributed by atoms with van der Waals surface area (Å²) in [6, 6.07) is 30.2. The van der Waals surface area contributed by atoms with Crippen molar-refractivity contribution in [3.05, 3.63) is 90.5 Å². The Morgan fingerprint density at radius 3 is 2.43 bits per heavy atom. The third kappa shape index (κ3) is 2.69. The van der Waals surface area contributed by atoms with Gasteiger partial charge in [-0.3, -0.25) is 0 Å². The molecule has 1 aromatic heterocycles. The zero-order valence-electron chi connectivity index (χ0n) is 21.3. The van der Waals surface area contributed by atoms with E-state index in [4.69, 9.17) is 9.47 Å². The number of benzene rings is 4. The third-order valence-electron chi connectivity index (χ3n) is 9.06. The van der Waals surface area contributed by atoms with Crippen LogP contribution in [0.4, 0.5) is 11.4 Å². The summed E-state index contributed by atoms with van der Waals surface area (Å²) in [4.78, 5) is 2.58. The summed E-state index contributed by atoms with van der Waals surface area (Å²) < 4.78 is 15.8. The van der Waals surface area contributed by atoms with Crippen LogP contribution in [0.5, 0.6) is 21.9 Å². The van der Waals surface area contributed by atoms with Crippen LogP contribution < -0.4 is 30.8 Å². The Bertz CT molecular complexity index is 1750. The van der Waals surface area contributed by atoms with Crippen LogP contribution in [0, 0.1) is 0 Å². The molecule has 0 amide bonds. The molecule has 0 aliphatic carbocycles. The fraction of sp³-hybridized carbons (Fsp3) is 0.188. The normalized spacial score (nSPS) is 17.2.